The molecule has 0 aliphatic heterocycles. The second kappa shape index (κ2) is 4.25. The number of nitrogens with zero attached hydrogens (tertiary/aromatic N) is 3. The van der Waals surface area contributed by atoms with Gasteiger partial charge < -0.3 is 5.32 Å². The quantitative estimate of drug-likeness (QED) is 0.920. The Morgan fingerprint density at radius 3 is 2.62 bits per heavy atom. The summed E-state index contributed by atoms with van der Waals surface area (Å²) in [5, 5.41) is 11.2. The lowest BCUT2D eigenvalue weighted by Crippen LogP contribution is -1.99. The minimum atomic E-state index is 0.756. The van der Waals surface area contributed by atoms with Crippen molar-refractivity contribution >= 4 is 21.9 Å². The van der Waals surface area contributed by atoms with Crippen LogP contribution >= 0.6 is 15.9 Å². The Balaban J connectivity index is 2.50. The fourth-order valence-corrected chi connectivity index (χ4v) is 1.91. The number of nitrogens with one attached hydrogen (secondary N) is 1. The Kier molecular flexibility index (Phi) is 2.96. The number of anilines is 1. The van der Waals surface area contributed by atoms with Crippen LogP contribution in [-0.2, 0) is 7.05 Å². The van der Waals surface area contributed by atoms with Crippen LogP contribution in [0.5, 0.6) is 0 Å². The van der Waals surface area contributed by atoms with Gasteiger partial charge in [-0.15, -0.1) is 10.2 Å². The summed E-state index contributed by atoms with van der Waals surface area (Å²) in [7, 11) is 3.77. The van der Waals surface area contributed by atoms with E-state index in [1.54, 1.807) is 0 Å². The van der Waals surface area contributed by atoms with Crippen LogP contribution in [0.15, 0.2) is 22.7 Å². The Bertz CT molecular complexity index is 519. The Hall–Kier alpha value is -1.36. The predicted octanol–water partition coefficient (Wildman–Crippen LogP) is 2.59. The highest BCUT2D eigenvalue weighted by atomic mass is 79.9. The highest BCUT2D eigenvalue weighted by Crippen LogP contribution is 2.25. The van der Waals surface area contributed by atoms with Gasteiger partial charge in [0.25, 0.3) is 0 Å². The molecule has 16 heavy (non-hydrogen) atoms. The second-order valence-electron chi connectivity index (χ2n) is 3.62. The summed E-state index contributed by atoms with van der Waals surface area (Å²) in [4.78, 5) is 0. The molecule has 4 nitrogen and oxygen atoms in total. The molecule has 0 amide bonds. The molecule has 1 aromatic heterocycles. The van der Waals surface area contributed by atoms with Crippen molar-refractivity contribution < 1.29 is 0 Å². The summed E-state index contributed by atoms with van der Waals surface area (Å²) in [5.74, 6) is 1.61. The minimum Gasteiger partial charge on any atom is -0.357 e. The molecule has 5 heteroatoms. The van der Waals surface area contributed by atoms with Crippen molar-refractivity contribution in [1.82, 2.24) is 14.8 Å². The Labute approximate surface area is 103 Å². The number of rotatable bonds is 2. The minimum absolute atomic E-state index is 0.756. The fourth-order valence-electron chi connectivity index (χ4n) is 1.53. The molecule has 1 aromatic carbocycles. The molecule has 2 rings (SSSR count). The Morgan fingerprint density at radius 2 is 2.06 bits per heavy atom. The van der Waals surface area contributed by atoms with E-state index in [1.165, 1.54) is 5.56 Å². The lowest BCUT2D eigenvalue weighted by molar-refractivity contribution is 0.925. The molecular weight excluding hydrogens is 268 g/mol. The third-order valence-corrected chi connectivity index (χ3v) is 3.38. The number of halogens is 1. The van der Waals surface area contributed by atoms with Crippen molar-refractivity contribution in [3.63, 3.8) is 0 Å². The summed E-state index contributed by atoms with van der Waals surface area (Å²) in [6.45, 7) is 2.06. The van der Waals surface area contributed by atoms with Gasteiger partial charge in [-0.25, -0.2) is 0 Å². The molecule has 84 valence electrons. The van der Waals surface area contributed by atoms with Crippen LogP contribution in [0.25, 0.3) is 11.4 Å². The molecule has 0 spiro atoms. The maximum absolute atomic E-state index is 4.16. The van der Waals surface area contributed by atoms with Gasteiger partial charge in [-0.2, -0.15) is 0 Å². The number of benzene rings is 1. The van der Waals surface area contributed by atoms with E-state index >= 15 is 0 Å². The lowest BCUT2D eigenvalue weighted by Gasteiger charge is -2.05. The van der Waals surface area contributed by atoms with Gasteiger partial charge in [-0.1, -0.05) is 28.1 Å². The molecule has 2 aromatic rings. The van der Waals surface area contributed by atoms with Crippen molar-refractivity contribution in [2.45, 2.75) is 6.92 Å². The van der Waals surface area contributed by atoms with Crippen LogP contribution in [0.4, 0.5) is 5.95 Å². The summed E-state index contributed by atoms with van der Waals surface area (Å²) in [6.07, 6.45) is 0. The van der Waals surface area contributed by atoms with Crippen LogP contribution in [0.3, 0.4) is 0 Å². The van der Waals surface area contributed by atoms with E-state index in [-0.39, 0.29) is 0 Å². The van der Waals surface area contributed by atoms with E-state index in [0.717, 1.165) is 21.8 Å². The molecule has 0 aliphatic rings. The van der Waals surface area contributed by atoms with Crippen molar-refractivity contribution in [3.8, 4) is 11.4 Å². The van der Waals surface area contributed by atoms with E-state index < -0.39 is 0 Å². The zero-order valence-electron chi connectivity index (χ0n) is 9.45. The molecule has 0 fully saturated rings. The number of hydrogen-bond donors (Lipinski definition) is 1. The highest BCUT2D eigenvalue weighted by Gasteiger charge is 2.09. The first-order chi connectivity index (χ1) is 7.63. The fraction of sp³-hybridized carbons (Fsp3) is 0.273. The molecule has 0 radical (unpaired) electrons. The van der Waals surface area contributed by atoms with Crippen LogP contribution in [0.1, 0.15) is 5.56 Å². The lowest BCUT2D eigenvalue weighted by atomic mass is 10.1. The van der Waals surface area contributed by atoms with Gasteiger partial charge in [0, 0.05) is 24.1 Å². The van der Waals surface area contributed by atoms with Gasteiger partial charge in [0.2, 0.25) is 5.95 Å². The van der Waals surface area contributed by atoms with Crippen LogP contribution in [0.2, 0.25) is 0 Å². The van der Waals surface area contributed by atoms with E-state index in [2.05, 4.69) is 50.5 Å². The Morgan fingerprint density at radius 1 is 1.31 bits per heavy atom. The van der Waals surface area contributed by atoms with Crippen molar-refractivity contribution in [1.29, 1.82) is 0 Å². The zero-order valence-corrected chi connectivity index (χ0v) is 11.0. The second-order valence-corrected chi connectivity index (χ2v) is 4.47. The van der Waals surface area contributed by atoms with E-state index in [4.69, 9.17) is 0 Å². The maximum Gasteiger partial charge on any atom is 0.224 e. The van der Waals surface area contributed by atoms with Gasteiger partial charge in [0.1, 0.15) is 0 Å². The summed E-state index contributed by atoms with van der Waals surface area (Å²) < 4.78 is 3.01. The van der Waals surface area contributed by atoms with Gasteiger partial charge in [0.05, 0.1) is 0 Å². The summed E-state index contributed by atoms with van der Waals surface area (Å²) >= 11 is 3.52. The summed E-state index contributed by atoms with van der Waals surface area (Å²) in [6, 6.07) is 6.16. The van der Waals surface area contributed by atoms with Crippen LogP contribution < -0.4 is 5.32 Å². The molecular formula is C11H13BrN4. The van der Waals surface area contributed by atoms with E-state index in [9.17, 15) is 0 Å². The monoisotopic (exact) mass is 280 g/mol. The first kappa shape index (κ1) is 11.1. The van der Waals surface area contributed by atoms with Crippen LogP contribution in [0, 0.1) is 6.92 Å². The average molecular weight is 281 g/mol. The van der Waals surface area contributed by atoms with Crippen molar-refractivity contribution in [2.75, 3.05) is 12.4 Å². The smallest absolute Gasteiger partial charge is 0.224 e. The van der Waals surface area contributed by atoms with Gasteiger partial charge in [0.15, 0.2) is 5.82 Å². The molecule has 0 bridgehead atoms. The molecule has 0 saturated carbocycles. The first-order valence-corrected chi connectivity index (χ1v) is 5.76. The third kappa shape index (κ3) is 1.82. The topological polar surface area (TPSA) is 42.7 Å². The first-order valence-electron chi connectivity index (χ1n) is 4.97. The SMILES string of the molecule is CNc1nnc(-c2ccc(C)c(Br)c2)n1C. The largest absolute Gasteiger partial charge is 0.357 e. The average Bonchev–Trinajstić information content (AvgIpc) is 2.64. The standard InChI is InChI=1S/C11H13BrN4/c1-7-4-5-8(6-9(7)12)10-14-15-11(13-2)16(10)3/h4-6H,1-3H3,(H,13,15). The molecule has 0 atom stereocenters. The number of hydrogen-bond acceptors (Lipinski definition) is 3. The van der Waals surface area contributed by atoms with Gasteiger partial charge >= 0.3 is 0 Å². The van der Waals surface area contributed by atoms with Crippen LogP contribution in [-0.4, -0.2) is 21.8 Å². The predicted molar refractivity (Wildman–Crippen MR) is 68.4 cm³/mol. The molecule has 0 unspecified atom stereocenters. The molecule has 1 N–H and O–H groups in total. The zero-order chi connectivity index (χ0) is 11.7. The normalized spacial score (nSPS) is 10.5. The van der Waals surface area contributed by atoms with Crippen molar-refractivity contribution in [3.05, 3.63) is 28.2 Å². The third-order valence-electron chi connectivity index (χ3n) is 2.53. The highest BCUT2D eigenvalue weighted by molar-refractivity contribution is 9.10. The van der Waals surface area contributed by atoms with Gasteiger partial charge in [-0.05, 0) is 18.6 Å². The van der Waals surface area contributed by atoms with E-state index in [0.29, 0.717) is 0 Å². The number of aryl methyl sites for hydroxylation is 1. The van der Waals surface area contributed by atoms with Gasteiger partial charge in [-0.3, -0.25) is 4.57 Å². The molecule has 0 saturated heterocycles. The van der Waals surface area contributed by atoms with Crippen molar-refractivity contribution in [2.24, 2.45) is 7.05 Å². The maximum atomic E-state index is 4.16. The van der Waals surface area contributed by atoms with E-state index in [1.807, 2.05) is 24.7 Å². The number of aromatic nitrogens is 3. The summed E-state index contributed by atoms with van der Waals surface area (Å²) in [5.41, 5.74) is 2.26. The molecule has 1 heterocycles. The molecule has 0 aliphatic carbocycles.